The second kappa shape index (κ2) is 11.7. The Bertz CT molecular complexity index is 1130. The number of rotatable bonds is 8. The lowest BCUT2D eigenvalue weighted by molar-refractivity contribution is -0.0264. The van der Waals surface area contributed by atoms with Gasteiger partial charge in [-0.05, 0) is 62.6 Å². The summed E-state index contributed by atoms with van der Waals surface area (Å²) in [4.78, 5) is 14.7. The number of nitrogens with zero attached hydrogens (tertiary/aromatic N) is 3. The predicted molar refractivity (Wildman–Crippen MR) is 137 cm³/mol. The summed E-state index contributed by atoms with van der Waals surface area (Å²) < 4.78 is 6.68. The van der Waals surface area contributed by atoms with E-state index in [0.717, 1.165) is 73.2 Å². The molecule has 7 heteroatoms. The molecular formula is C27H34N6O. The van der Waals surface area contributed by atoms with Gasteiger partial charge in [0, 0.05) is 31.6 Å². The van der Waals surface area contributed by atoms with Crippen LogP contribution in [0.4, 0.5) is 0 Å². The average molecular weight is 459 g/mol. The summed E-state index contributed by atoms with van der Waals surface area (Å²) in [5.41, 5.74) is 14.7. The number of unbranched alkanes of at least 4 members (excludes halogenated alkanes) is 2. The number of ether oxygens (including phenoxy) is 1. The van der Waals surface area contributed by atoms with Gasteiger partial charge in [0.05, 0.1) is 17.1 Å². The lowest BCUT2D eigenvalue weighted by atomic mass is 10.0. The molecule has 178 valence electrons. The average Bonchev–Trinajstić information content (AvgIpc) is 3.27. The van der Waals surface area contributed by atoms with E-state index in [4.69, 9.17) is 21.2 Å². The third-order valence-corrected chi connectivity index (χ3v) is 6.08. The minimum atomic E-state index is -0.262. The molecule has 0 bridgehead atoms. The van der Waals surface area contributed by atoms with Gasteiger partial charge in [-0.1, -0.05) is 36.1 Å². The monoisotopic (exact) mass is 458 g/mol. The molecule has 7 nitrogen and oxygen atoms in total. The number of aromatic nitrogens is 2. The molecule has 4 rings (SSSR count). The fourth-order valence-electron chi connectivity index (χ4n) is 4.19. The van der Waals surface area contributed by atoms with Crippen molar-refractivity contribution in [2.24, 2.45) is 16.5 Å². The summed E-state index contributed by atoms with van der Waals surface area (Å²) in [6.07, 6.45) is 4.68. The van der Waals surface area contributed by atoms with Crippen LogP contribution in [0.1, 0.15) is 55.2 Å². The number of H-pyrrole nitrogens is 1. The van der Waals surface area contributed by atoms with E-state index in [9.17, 15) is 0 Å². The number of hydrogen-bond acceptors (Lipinski definition) is 4. The minimum absolute atomic E-state index is 0.143. The first-order chi connectivity index (χ1) is 16.6. The maximum Gasteiger partial charge on any atom is 0.185 e. The van der Waals surface area contributed by atoms with Gasteiger partial charge in [-0.25, -0.2) is 4.98 Å². The van der Waals surface area contributed by atoms with Crippen LogP contribution < -0.4 is 11.5 Å². The number of likely N-dealkylation sites (tertiary alicyclic amines) is 1. The van der Waals surface area contributed by atoms with Gasteiger partial charge in [-0.2, -0.15) is 0 Å². The molecule has 1 aliphatic heterocycles. The van der Waals surface area contributed by atoms with Gasteiger partial charge in [0.15, 0.2) is 5.96 Å². The standard InChI is InChI=1S/C27H34N6O/c1-33-17-14-22(15-18-33)34-25(26-31-23-12-5-6-13-24(23)32-26)21-11-8-10-20(19-21)9-4-2-3-7-16-30-27(28)29/h5-6,8,10-13,19,22,25H,2-3,7,14-18H2,1H3,(H,31,32)(H4,28,29,30). The Kier molecular flexibility index (Phi) is 8.18. The highest BCUT2D eigenvalue weighted by molar-refractivity contribution is 5.75. The van der Waals surface area contributed by atoms with Crippen LogP contribution in [0, 0.1) is 11.8 Å². The van der Waals surface area contributed by atoms with Crippen molar-refractivity contribution < 1.29 is 4.74 Å². The molecule has 1 saturated heterocycles. The van der Waals surface area contributed by atoms with Crippen molar-refractivity contribution >= 4 is 17.0 Å². The van der Waals surface area contributed by atoms with Crippen LogP contribution in [-0.4, -0.2) is 53.6 Å². The number of benzene rings is 2. The van der Waals surface area contributed by atoms with Crippen LogP contribution in [0.15, 0.2) is 53.5 Å². The number of aliphatic imine (C=N–C) groups is 1. The molecule has 0 spiro atoms. The molecule has 1 unspecified atom stereocenters. The topological polar surface area (TPSA) is 106 Å². The second-order valence-corrected chi connectivity index (χ2v) is 8.85. The summed E-state index contributed by atoms with van der Waals surface area (Å²) in [7, 11) is 2.16. The molecule has 2 aromatic carbocycles. The molecule has 34 heavy (non-hydrogen) atoms. The van der Waals surface area contributed by atoms with Gasteiger partial charge in [-0.15, -0.1) is 0 Å². The van der Waals surface area contributed by atoms with E-state index in [2.05, 4.69) is 45.9 Å². The Hall–Kier alpha value is -3.34. The van der Waals surface area contributed by atoms with Crippen LogP contribution in [0.2, 0.25) is 0 Å². The van der Waals surface area contributed by atoms with E-state index >= 15 is 0 Å². The van der Waals surface area contributed by atoms with E-state index in [-0.39, 0.29) is 18.2 Å². The Labute approximate surface area is 201 Å². The van der Waals surface area contributed by atoms with Gasteiger partial charge in [-0.3, -0.25) is 4.99 Å². The molecule has 2 heterocycles. The highest BCUT2D eigenvalue weighted by Gasteiger charge is 2.26. The Morgan fingerprint density at radius 3 is 2.79 bits per heavy atom. The smallest absolute Gasteiger partial charge is 0.185 e. The number of piperidine rings is 1. The van der Waals surface area contributed by atoms with Crippen molar-refractivity contribution in [1.82, 2.24) is 14.9 Å². The van der Waals surface area contributed by atoms with Gasteiger partial charge in [0.2, 0.25) is 0 Å². The normalized spacial score (nSPS) is 15.6. The summed E-state index contributed by atoms with van der Waals surface area (Å²) in [5.74, 6) is 7.55. The number of aromatic amines is 1. The van der Waals surface area contributed by atoms with Crippen LogP contribution in [0.25, 0.3) is 11.0 Å². The zero-order chi connectivity index (χ0) is 23.8. The molecule has 0 aliphatic carbocycles. The zero-order valence-corrected chi connectivity index (χ0v) is 19.8. The van der Waals surface area contributed by atoms with Gasteiger partial charge >= 0.3 is 0 Å². The maximum atomic E-state index is 6.68. The number of fused-ring (bicyclic) bond motifs is 1. The molecule has 1 aliphatic rings. The van der Waals surface area contributed by atoms with Gasteiger partial charge < -0.3 is 26.1 Å². The first kappa shape index (κ1) is 23.8. The van der Waals surface area contributed by atoms with Crippen molar-refractivity contribution in [2.75, 3.05) is 26.7 Å². The molecule has 0 radical (unpaired) electrons. The Morgan fingerprint density at radius 1 is 1.18 bits per heavy atom. The highest BCUT2D eigenvalue weighted by Crippen LogP contribution is 2.30. The Morgan fingerprint density at radius 2 is 2.00 bits per heavy atom. The molecule has 0 saturated carbocycles. The van der Waals surface area contributed by atoms with Gasteiger partial charge in [0.1, 0.15) is 11.9 Å². The molecule has 1 fully saturated rings. The number of imidazole rings is 1. The predicted octanol–water partition coefficient (Wildman–Crippen LogP) is 3.56. The minimum Gasteiger partial charge on any atom is -0.370 e. The number of hydrogen-bond donors (Lipinski definition) is 3. The van der Waals surface area contributed by atoms with E-state index in [1.165, 1.54) is 0 Å². The summed E-state index contributed by atoms with van der Waals surface area (Å²) in [5, 5.41) is 0. The lowest BCUT2D eigenvalue weighted by Crippen LogP contribution is -2.35. The zero-order valence-electron chi connectivity index (χ0n) is 19.8. The maximum absolute atomic E-state index is 6.68. The molecule has 3 aromatic rings. The van der Waals surface area contributed by atoms with E-state index < -0.39 is 0 Å². The van der Waals surface area contributed by atoms with Crippen molar-refractivity contribution in [3.8, 4) is 11.8 Å². The van der Waals surface area contributed by atoms with Crippen LogP contribution in [0.5, 0.6) is 0 Å². The number of nitrogens with one attached hydrogen (secondary N) is 1. The third-order valence-electron chi connectivity index (χ3n) is 6.08. The molecule has 0 amide bonds. The molecular weight excluding hydrogens is 424 g/mol. The van der Waals surface area contributed by atoms with E-state index in [1.807, 2.05) is 36.4 Å². The molecule has 5 N–H and O–H groups in total. The van der Waals surface area contributed by atoms with E-state index in [1.54, 1.807) is 0 Å². The summed E-state index contributed by atoms with van der Waals surface area (Å²) in [6.45, 7) is 2.74. The van der Waals surface area contributed by atoms with E-state index in [0.29, 0.717) is 6.54 Å². The van der Waals surface area contributed by atoms with Crippen molar-refractivity contribution in [1.29, 1.82) is 0 Å². The molecule has 1 atom stereocenters. The fraction of sp³-hybridized carbons (Fsp3) is 0.407. The van der Waals surface area contributed by atoms with Crippen LogP contribution >= 0.6 is 0 Å². The lowest BCUT2D eigenvalue weighted by Gasteiger charge is -2.31. The Balaban J connectivity index is 1.50. The highest BCUT2D eigenvalue weighted by atomic mass is 16.5. The second-order valence-electron chi connectivity index (χ2n) is 8.85. The largest absolute Gasteiger partial charge is 0.370 e. The van der Waals surface area contributed by atoms with Crippen LogP contribution in [0.3, 0.4) is 0 Å². The molecule has 1 aromatic heterocycles. The van der Waals surface area contributed by atoms with Gasteiger partial charge in [0.25, 0.3) is 0 Å². The SMILES string of the molecule is CN1CCC(OC(c2cccc(C#CCCCCN=C(N)N)c2)c2nc3ccccc3[nH]2)CC1. The summed E-state index contributed by atoms with van der Waals surface area (Å²) in [6, 6.07) is 16.4. The van der Waals surface area contributed by atoms with Crippen molar-refractivity contribution in [3.63, 3.8) is 0 Å². The number of guanidine groups is 1. The fourth-order valence-corrected chi connectivity index (χ4v) is 4.19. The van der Waals surface area contributed by atoms with Crippen molar-refractivity contribution in [3.05, 3.63) is 65.5 Å². The number of para-hydroxylation sites is 2. The van der Waals surface area contributed by atoms with Crippen molar-refractivity contribution in [2.45, 2.75) is 44.3 Å². The first-order valence-electron chi connectivity index (χ1n) is 12.0. The first-order valence-corrected chi connectivity index (χ1v) is 12.0. The summed E-state index contributed by atoms with van der Waals surface area (Å²) >= 11 is 0. The van der Waals surface area contributed by atoms with Crippen LogP contribution in [-0.2, 0) is 4.74 Å². The number of nitrogens with two attached hydrogens (primary N) is 2. The quantitative estimate of drug-likeness (QED) is 0.207. The third kappa shape index (κ3) is 6.60.